The van der Waals surface area contributed by atoms with Gasteiger partial charge >= 0.3 is 0 Å². The van der Waals surface area contributed by atoms with E-state index in [4.69, 9.17) is 9.47 Å². The van der Waals surface area contributed by atoms with E-state index < -0.39 is 0 Å². The average Bonchev–Trinajstić information content (AvgIpc) is 2.86. The maximum atomic E-state index is 5.50. The maximum absolute atomic E-state index is 5.50. The second-order valence-electron chi connectivity index (χ2n) is 5.24. The van der Waals surface area contributed by atoms with Crippen molar-refractivity contribution < 1.29 is 9.47 Å². The van der Waals surface area contributed by atoms with Crippen LogP contribution in [0.3, 0.4) is 0 Å². The Morgan fingerprint density at radius 2 is 1.83 bits per heavy atom. The molecule has 0 amide bonds. The fourth-order valence-corrected chi connectivity index (χ4v) is 3.02. The van der Waals surface area contributed by atoms with Crippen molar-refractivity contribution in [2.24, 2.45) is 0 Å². The fraction of sp³-hybridized carbons (Fsp3) is 0.571. The molecule has 4 heteroatoms. The first-order valence-electron chi connectivity index (χ1n) is 6.51. The molecule has 18 heavy (non-hydrogen) atoms. The van der Waals surface area contributed by atoms with E-state index in [-0.39, 0.29) is 5.54 Å². The minimum atomic E-state index is 0.117. The quantitative estimate of drug-likeness (QED) is 0.861. The molecule has 2 heterocycles. The second-order valence-corrected chi connectivity index (χ2v) is 5.24. The van der Waals surface area contributed by atoms with Gasteiger partial charge in [0.1, 0.15) is 0 Å². The zero-order valence-corrected chi connectivity index (χ0v) is 11.0. The summed E-state index contributed by atoms with van der Waals surface area (Å²) in [5.74, 6) is 1.74. The minimum absolute atomic E-state index is 0.117. The van der Waals surface area contributed by atoms with Gasteiger partial charge in [0, 0.05) is 5.54 Å². The molecule has 1 saturated heterocycles. The Morgan fingerprint density at radius 1 is 1.11 bits per heavy atom. The standard InChI is InChI=1S/C14H20N2O2/c1-16(2)14(5-7-15-8-6-14)11-3-4-12-13(9-11)18-10-17-12/h3-4,9,15H,5-8,10H2,1-2H3. The fourth-order valence-electron chi connectivity index (χ4n) is 3.02. The van der Waals surface area contributed by atoms with Crippen LogP contribution in [0, 0.1) is 0 Å². The smallest absolute Gasteiger partial charge is 0.231 e. The molecule has 1 aromatic rings. The normalized spacial score (nSPS) is 21.3. The second kappa shape index (κ2) is 4.44. The predicted octanol–water partition coefficient (Wildman–Crippen LogP) is 1.56. The number of benzene rings is 1. The molecule has 0 spiro atoms. The third-order valence-electron chi connectivity index (χ3n) is 4.20. The molecule has 0 aliphatic carbocycles. The van der Waals surface area contributed by atoms with Crippen molar-refractivity contribution in [3.63, 3.8) is 0 Å². The van der Waals surface area contributed by atoms with Crippen molar-refractivity contribution in [3.8, 4) is 11.5 Å². The third kappa shape index (κ3) is 1.76. The Bertz CT molecular complexity index is 439. The Hall–Kier alpha value is -1.26. The van der Waals surface area contributed by atoms with Crippen LogP contribution < -0.4 is 14.8 Å². The molecule has 0 radical (unpaired) electrons. The molecule has 0 unspecified atom stereocenters. The lowest BCUT2D eigenvalue weighted by atomic mass is 9.80. The van der Waals surface area contributed by atoms with Crippen molar-refractivity contribution in [1.29, 1.82) is 0 Å². The van der Waals surface area contributed by atoms with Gasteiger partial charge in [-0.1, -0.05) is 6.07 Å². The van der Waals surface area contributed by atoms with Crippen LogP contribution in [0.4, 0.5) is 0 Å². The van der Waals surface area contributed by atoms with E-state index in [1.165, 1.54) is 5.56 Å². The number of ether oxygens (including phenoxy) is 2. The van der Waals surface area contributed by atoms with Crippen LogP contribution in [-0.2, 0) is 5.54 Å². The maximum Gasteiger partial charge on any atom is 0.231 e. The van der Waals surface area contributed by atoms with Gasteiger partial charge in [-0.05, 0) is 57.7 Å². The number of hydrogen-bond donors (Lipinski definition) is 1. The van der Waals surface area contributed by atoms with Gasteiger partial charge in [-0.15, -0.1) is 0 Å². The first kappa shape index (κ1) is 11.8. The molecule has 2 aliphatic heterocycles. The number of fused-ring (bicyclic) bond motifs is 1. The first-order chi connectivity index (χ1) is 8.72. The van der Waals surface area contributed by atoms with Crippen LogP contribution in [0.2, 0.25) is 0 Å². The van der Waals surface area contributed by atoms with E-state index in [0.29, 0.717) is 6.79 Å². The summed E-state index contributed by atoms with van der Waals surface area (Å²) in [6, 6.07) is 6.36. The first-order valence-corrected chi connectivity index (χ1v) is 6.51. The van der Waals surface area contributed by atoms with Gasteiger partial charge in [-0.3, -0.25) is 4.90 Å². The predicted molar refractivity (Wildman–Crippen MR) is 70.0 cm³/mol. The summed E-state index contributed by atoms with van der Waals surface area (Å²) in [6.45, 7) is 2.47. The van der Waals surface area contributed by atoms with E-state index in [1.54, 1.807) is 0 Å². The molecule has 98 valence electrons. The van der Waals surface area contributed by atoms with Crippen LogP contribution in [0.5, 0.6) is 11.5 Å². The van der Waals surface area contributed by atoms with Crippen LogP contribution in [0.15, 0.2) is 18.2 Å². The molecule has 1 aromatic carbocycles. The van der Waals surface area contributed by atoms with Gasteiger partial charge in [0.15, 0.2) is 11.5 Å². The lowest BCUT2D eigenvalue weighted by Crippen LogP contribution is -2.49. The molecule has 1 N–H and O–H groups in total. The summed E-state index contributed by atoms with van der Waals surface area (Å²) in [6.07, 6.45) is 2.25. The summed E-state index contributed by atoms with van der Waals surface area (Å²) in [4.78, 5) is 2.34. The van der Waals surface area contributed by atoms with Gasteiger partial charge in [-0.25, -0.2) is 0 Å². The highest BCUT2D eigenvalue weighted by molar-refractivity contribution is 5.46. The third-order valence-corrected chi connectivity index (χ3v) is 4.20. The lowest BCUT2D eigenvalue weighted by molar-refractivity contribution is 0.107. The highest BCUT2D eigenvalue weighted by Crippen LogP contribution is 2.41. The van der Waals surface area contributed by atoms with E-state index >= 15 is 0 Å². The number of nitrogens with one attached hydrogen (secondary N) is 1. The molecule has 0 aromatic heterocycles. The molecule has 0 saturated carbocycles. The van der Waals surface area contributed by atoms with Crippen LogP contribution in [0.1, 0.15) is 18.4 Å². The van der Waals surface area contributed by atoms with Crippen molar-refractivity contribution in [2.45, 2.75) is 18.4 Å². The van der Waals surface area contributed by atoms with Crippen molar-refractivity contribution >= 4 is 0 Å². The van der Waals surface area contributed by atoms with E-state index in [1.807, 2.05) is 6.07 Å². The molecule has 3 rings (SSSR count). The largest absolute Gasteiger partial charge is 0.454 e. The van der Waals surface area contributed by atoms with Crippen LogP contribution in [0.25, 0.3) is 0 Å². The van der Waals surface area contributed by atoms with Crippen molar-refractivity contribution in [2.75, 3.05) is 34.0 Å². The molecule has 2 aliphatic rings. The highest BCUT2D eigenvalue weighted by Gasteiger charge is 2.36. The monoisotopic (exact) mass is 248 g/mol. The summed E-state index contributed by atoms with van der Waals surface area (Å²) in [7, 11) is 4.33. The van der Waals surface area contributed by atoms with Crippen LogP contribution in [-0.4, -0.2) is 38.9 Å². The minimum Gasteiger partial charge on any atom is -0.454 e. The SMILES string of the molecule is CN(C)C1(c2ccc3c(c2)OCO3)CCNCC1. The number of nitrogens with zero attached hydrogens (tertiary/aromatic N) is 1. The van der Waals surface area contributed by atoms with Gasteiger partial charge < -0.3 is 14.8 Å². The Morgan fingerprint density at radius 3 is 2.56 bits per heavy atom. The van der Waals surface area contributed by atoms with E-state index in [9.17, 15) is 0 Å². The highest BCUT2D eigenvalue weighted by atomic mass is 16.7. The Balaban J connectivity index is 1.99. The topological polar surface area (TPSA) is 33.7 Å². The zero-order valence-electron chi connectivity index (χ0n) is 11.0. The Labute approximate surface area is 108 Å². The summed E-state index contributed by atoms with van der Waals surface area (Å²) < 4.78 is 10.9. The van der Waals surface area contributed by atoms with E-state index in [0.717, 1.165) is 37.4 Å². The Kier molecular flexibility index (Phi) is 2.92. The lowest BCUT2D eigenvalue weighted by Gasteiger charge is -2.43. The number of piperidine rings is 1. The molecule has 4 nitrogen and oxygen atoms in total. The summed E-state index contributed by atoms with van der Waals surface area (Å²) in [5, 5.41) is 3.43. The average molecular weight is 248 g/mol. The number of rotatable bonds is 2. The van der Waals surface area contributed by atoms with Crippen LogP contribution >= 0.6 is 0 Å². The van der Waals surface area contributed by atoms with Gasteiger partial charge in [0.2, 0.25) is 6.79 Å². The summed E-state index contributed by atoms with van der Waals surface area (Å²) in [5.41, 5.74) is 1.45. The molecule has 0 atom stereocenters. The van der Waals surface area contributed by atoms with Gasteiger partial charge in [-0.2, -0.15) is 0 Å². The summed E-state index contributed by atoms with van der Waals surface area (Å²) >= 11 is 0. The van der Waals surface area contributed by atoms with Gasteiger partial charge in [0.25, 0.3) is 0 Å². The zero-order chi connectivity index (χ0) is 12.6. The molecule has 0 bridgehead atoms. The molecule has 1 fully saturated rings. The van der Waals surface area contributed by atoms with Crippen molar-refractivity contribution in [3.05, 3.63) is 23.8 Å². The molecular formula is C14H20N2O2. The number of hydrogen-bond acceptors (Lipinski definition) is 4. The van der Waals surface area contributed by atoms with E-state index in [2.05, 4.69) is 36.4 Å². The molecular weight excluding hydrogens is 228 g/mol. The van der Waals surface area contributed by atoms with Crippen molar-refractivity contribution in [1.82, 2.24) is 10.2 Å². The van der Waals surface area contributed by atoms with Gasteiger partial charge in [0.05, 0.1) is 0 Å².